The first-order valence-electron chi connectivity index (χ1n) is 8.76. The predicted octanol–water partition coefficient (Wildman–Crippen LogP) is 3.83. The Balaban J connectivity index is 1.69. The third kappa shape index (κ3) is 3.24. The fourth-order valence-corrected chi connectivity index (χ4v) is 4.68. The summed E-state index contributed by atoms with van der Waals surface area (Å²) in [6.45, 7) is 5.54. The van der Waals surface area contributed by atoms with Gasteiger partial charge in [0.25, 0.3) is 5.91 Å². The fourth-order valence-electron chi connectivity index (χ4n) is 3.34. The lowest BCUT2D eigenvalue weighted by atomic mass is 10.3. The Hall–Kier alpha value is -1.89. The number of fused-ring (bicyclic) bond motifs is 1. The van der Waals surface area contributed by atoms with Gasteiger partial charge < -0.3 is 9.80 Å². The molecule has 5 nitrogen and oxygen atoms in total. The van der Waals surface area contributed by atoms with Gasteiger partial charge in [-0.2, -0.15) is 5.10 Å². The number of carbonyl (C=O) groups is 1. The number of rotatable bonds is 2. The van der Waals surface area contributed by atoms with Crippen molar-refractivity contribution in [2.24, 2.45) is 0 Å². The van der Waals surface area contributed by atoms with Crippen LogP contribution in [0.2, 0.25) is 5.02 Å². The van der Waals surface area contributed by atoms with E-state index in [1.807, 2.05) is 46.8 Å². The lowest BCUT2D eigenvalue weighted by Gasteiger charge is -2.19. The topological polar surface area (TPSA) is 41.4 Å². The van der Waals surface area contributed by atoms with E-state index in [-0.39, 0.29) is 5.91 Å². The standard InChI is InChI=1S/C19H21ClN4OS/c1-13-16-12-17(18(25)23-8-4-7-22(2)9-10-23)26-19(16)24(21-13)15-6-3-5-14(20)11-15/h3,5-6,11-12H,4,7-10H2,1-2H3. The quantitative estimate of drug-likeness (QED) is 0.670. The minimum atomic E-state index is 0.124. The maximum absolute atomic E-state index is 13.0. The molecular weight excluding hydrogens is 368 g/mol. The Labute approximate surface area is 161 Å². The van der Waals surface area contributed by atoms with Crippen LogP contribution in [0.4, 0.5) is 0 Å². The summed E-state index contributed by atoms with van der Waals surface area (Å²) in [4.78, 5) is 19.0. The van der Waals surface area contributed by atoms with E-state index >= 15 is 0 Å². The first kappa shape index (κ1) is 17.5. The lowest BCUT2D eigenvalue weighted by molar-refractivity contribution is 0.0767. The first-order chi connectivity index (χ1) is 12.5. The van der Waals surface area contributed by atoms with Crippen LogP contribution in [0.3, 0.4) is 0 Å². The zero-order valence-electron chi connectivity index (χ0n) is 14.9. The molecule has 0 bridgehead atoms. The van der Waals surface area contributed by atoms with Crippen molar-refractivity contribution >= 4 is 39.1 Å². The summed E-state index contributed by atoms with van der Waals surface area (Å²) in [5.41, 5.74) is 1.83. The van der Waals surface area contributed by atoms with Crippen LogP contribution in [-0.4, -0.2) is 58.7 Å². The van der Waals surface area contributed by atoms with Crippen LogP contribution in [0.25, 0.3) is 15.9 Å². The summed E-state index contributed by atoms with van der Waals surface area (Å²) in [7, 11) is 2.11. The zero-order valence-corrected chi connectivity index (χ0v) is 16.5. The van der Waals surface area contributed by atoms with Gasteiger partial charge in [0.1, 0.15) is 4.83 Å². The molecule has 1 saturated heterocycles. The molecule has 1 amide bonds. The molecule has 0 saturated carbocycles. The largest absolute Gasteiger partial charge is 0.337 e. The fraction of sp³-hybridized carbons (Fsp3) is 0.368. The van der Waals surface area contributed by atoms with Gasteiger partial charge in [-0.15, -0.1) is 11.3 Å². The summed E-state index contributed by atoms with van der Waals surface area (Å²) in [6, 6.07) is 9.61. The van der Waals surface area contributed by atoms with Crippen molar-refractivity contribution in [2.45, 2.75) is 13.3 Å². The van der Waals surface area contributed by atoms with E-state index in [0.29, 0.717) is 5.02 Å². The van der Waals surface area contributed by atoms with Crippen molar-refractivity contribution in [3.8, 4) is 5.69 Å². The summed E-state index contributed by atoms with van der Waals surface area (Å²) in [6.07, 6.45) is 1.02. The molecule has 0 radical (unpaired) electrons. The molecule has 3 heterocycles. The second-order valence-corrected chi connectivity index (χ2v) is 8.22. The highest BCUT2D eigenvalue weighted by Gasteiger charge is 2.23. The number of halogens is 1. The SMILES string of the molecule is Cc1nn(-c2cccc(Cl)c2)c2sc(C(=O)N3CCCN(C)CC3)cc12. The number of aromatic nitrogens is 2. The summed E-state index contributed by atoms with van der Waals surface area (Å²) < 4.78 is 1.88. The highest BCUT2D eigenvalue weighted by atomic mass is 35.5. The van der Waals surface area contributed by atoms with Crippen molar-refractivity contribution in [3.05, 3.63) is 45.9 Å². The average Bonchev–Trinajstić information content (AvgIpc) is 3.10. The van der Waals surface area contributed by atoms with Gasteiger partial charge in [0.05, 0.1) is 16.3 Å². The Kier molecular flexibility index (Phi) is 4.73. The van der Waals surface area contributed by atoms with Crippen LogP contribution in [-0.2, 0) is 0 Å². The van der Waals surface area contributed by atoms with Crippen molar-refractivity contribution in [1.29, 1.82) is 0 Å². The molecule has 0 unspecified atom stereocenters. The maximum atomic E-state index is 13.0. The Morgan fingerprint density at radius 3 is 2.85 bits per heavy atom. The maximum Gasteiger partial charge on any atom is 0.264 e. The number of hydrogen-bond acceptors (Lipinski definition) is 4. The Morgan fingerprint density at radius 1 is 1.19 bits per heavy atom. The van der Waals surface area contributed by atoms with E-state index in [0.717, 1.165) is 59.1 Å². The first-order valence-corrected chi connectivity index (χ1v) is 9.95. The minimum Gasteiger partial charge on any atom is -0.337 e. The molecule has 1 aliphatic heterocycles. The number of carbonyl (C=O) groups excluding carboxylic acids is 1. The number of thiophene rings is 1. The smallest absolute Gasteiger partial charge is 0.264 e. The molecule has 136 valence electrons. The van der Waals surface area contributed by atoms with E-state index in [9.17, 15) is 4.79 Å². The van der Waals surface area contributed by atoms with E-state index in [2.05, 4.69) is 17.0 Å². The third-order valence-electron chi connectivity index (χ3n) is 4.81. The van der Waals surface area contributed by atoms with Gasteiger partial charge in [-0.25, -0.2) is 4.68 Å². The third-order valence-corrected chi connectivity index (χ3v) is 6.15. The van der Waals surface area contributed by atoms with Crippen molar-refractivity contribution in [2.75, 3.05) is 33.2 Å². The Morgan fingerprint density at radius 2 is 2.04 bits per heavy atom. The highest BCUT2D eigenvalue weighted by molar-refractivity contribution is 7.20. The molecule has 26 heavy (non-hydrogen) atoms. The van der Waals surface area contributed by atoms with Crippen molar-refractivity contribution in [3.63, 3.8) is 0 Å². The molecule has 4 rings (SSSR count). The number of nitrogens with zero attached hydrogens (tertiary/aromatic N) is 4. The molecule has 0 spiro atoms. The summed E-state index contributed by atoms with van der Waals surface area (Å²) in [5.74, 6) is 0.124. The molecule has 0 N–H and O–H groups in total. The molecule has 7 heteroatoms. The van der Waals surface area contributed by atoms with E-state index in [4.69, 9.17) is 11.6 Å². The van der Waals surface area contributed by atoms with Gasteiger partial charge in [0.15, 0.2) is 0 Å². The Bertz CT molecular complexity index is 964. The lowest BCUT2D eigenvalue weighted by Crippen LogP contribution is -2.34. The second kappa shape index (κ2) is 7.02. The zero-order chi connectivity index (χ0) is 18.3. The van der Waals surface area contributed by atoms with Gasteiger partial charge in [0, 0.05) is 30.0 Å². The second-order valence-electron chi connectivity index (χ2n) is 6.76. The van der Waals surface area contributed by atoms with E-state index < -0.39 is 0 Å². The number of amides is 1. The van der Waals surface area contributed by atoms with E-state index in [1.165, 1.54) is 11.3 Å². The molecule has 1 aliphatic rings. The number of benzene rings is 1. The molecule has 3 aromatic rings. The van der Waals surface area contributed by atoms with Crippen LogP contribution >= 0.6 is 22.9 Å². The van der Waals surface area contributed by atoms with Crippen molar-refractivity contribution < 1.29 is 4.79 Å². The van der Waals surface area contributed by atoms with Crippen LogP contribution < -0.4 is 0 Å². The average molecular weight is 389 g/mol. The van der Waals surface area contributed by atoms with Gasteiger partial charge in [-0.3, -0.25) is 4.79 Å². The van der Waals surface area contributed by atoms with E-state index in [1.54, 1.807) is 0 Å². The summed E-state index contributed by atoms with van der Waals surface area (Å²) in [5, 5.41) is 6.34. The monoisotopic (exact) mass is 388 g/mol. The number of aryl methyl sites for hydroxylation is 1. The van der Waals surface area contributed by atoms with Gasteiger partial charge in [0.2, 0.25) is 0 Å². The normalized spacial score (nSPS) is 16.2. The number of likely N-dealkylation sites (N-methyl/N-ethyl adjacent to an activating group) is 1. The van der Waals surface area contributed by atoms with Gasteiger partial charge in [-0.05, 0) is 51.2 Å². The van der Waals surface area contributed by atoms with Crippen LogP contribution in [0.5, 0.6) is 0 Å². The van der Waals surface area contributed by atoms with Crippen molar-refractivity contribution in [1.82, 2.24) is 19.6 Å². The predicted molar refractivity (Wildman–Crippen MR) is 107 cm³/mol. The molecule has 0 aliphatic carbocycles. The minimum absolute atomic E-state index is 0.124. The van der Waals surface area contributed by atoms with Crippen LogP contribution in [0.15, 0.2) is 30.3 Å². The molecule has 2 aromatic heterocycles. The van der Waals surface area contributed by atoms with Gasteiger partial charge in [-0.1, -0.05) is 17.7 Å². The summed E-state index contributed by atoms with van der Waals surface area (Å²) >= 11 is 7.64. The molecule has 1 aromatic carbocycles. The van der Waals surface area contributed by atoms with Crippen LogP contribution in [0, 0.1) is 6.92 Å². The van der Waals surface area contributed by atoms with Crippen LogP contribution in [0.1, 0.15) is 21.8 Å². The molecule has 0 atom stereocenters. The molecular formula is C19H21ClN4OS. The molecule has 1 fully saturated rings. The highest BCUT2D eigenvalue weighted by Crippen LogP contribution is 2.31. The number of hydrogen-bond donors (Lipinski definition) is 0. The van der Waals surface area contributed by atoms with Gasteiger partial charge >= 0.3 is 0 Å².